The molecule has 0 fully saturated rings. The zero-order valence-electron chi connectivity index (χ0n) is 16.3. The van der Waals surface area contributed by atoms with Gasteiger partial charge >= 0.3 is 0 Å². The normalized spacial score (nSPS) is 10.9. The van der Waals surface area contributed by atoms with Crippen molar-refractivity contribution in [1.29, 1.82) is 0 Å². The molecule has 30 heavy (non-hydrogen) atoms. The van der Waals surface area contributed by atoms with Gasteiger partial charge in [-0.15, -0.1) is 0 Å². The second-order valence-corrected chi connectivity index (χ2v) is 6.64. The minimum absolute atomic E-state index is 0.154. The first-order valence-corrected chi connectivity index (χ1v) is 9.71. The van der Waals surface area contributed by atoms with E-state index in [0.717, 1.165) is 28.2 Å². The van der Waals surface area contributed by atoms with E-state index in [-0.39, 0.29) is 5.91 Å². The number of amides is 1. The summed E-state index contributed by atoms with van der Waals surface area (Å²) in [5.41, 5.74) is 4.48. The lowest BCUT2D eigenvalue weighted by Gasteiger charge is -2.02. The van der Waals surface area contributed by atoms with Crippen LogP contribution in [-0.4, -0.2) is 32.2 Å². The summed E-state index contributed by atoms with van der Waals surface area (Å²) in [4.78, 5) is 20.6. The van der Waals surface area contributed by atoms with Crippen LogP contribution in [0.5, 0.6) is 0 Å². The van der Waals surface area contributed by atoms with Gasteiger partial charge in [-0.3, -0.25) is 14.8 Å². The van der Waals surface area contributed by atoms with Gasteiger partial charge in [0, 0.05) is 60.6 Å². The Labute approximate surface area is 174 Å². The number of aromatic nitrogens is 4. The van der Waals surface area contributed by atoms with Gasteiger partial charge in [0.2, 0.25) is 5.91 Å². The summed E-state index contributed by atoms with van der Waals surface area (Å²) in [6.07, 6.45) is 11.1. The van der Waals surface area contributed by atoms with Crippen LogP contribution in [0.1, 0.15) is 11.3 Å². The fraction of sp³-hybridized carbons (Fsp3) is 0.0833. The van der Waals surface area contributed by atoms with Crippen LogP contribution in [0.2, 0.25) is 0 Å². The monoisotopic (exact) mass is 395 g/mol. The maximum absolute atomic E-state index is 12.3. The summed E-state index contributed by atoms with van der Waals surface area (Å²) in [6.45, 7) is 0.528. The molecule has 0 aliphatic carbocycles. The van der Waals surface area contributed by atoms with E-state index >= 15 is 0 Å². The number of para-hydroxylation sites is 1. The van der Waals surface area contributed by atoms with E-state index in [0.29, 0.717) is 13.0 Å². The Hall–Kier alpha value is -4.06. The molecule has 6 heteroatoms. The van der Waals surface area contributed by atoms with Crippen molar-refractivity contribution < 1.29 is 4.79 Å². The summed E-state index contributed by atoms with van der Waals surface area (Å²) in [6, 6.07) is 19.4. The first-order chi connectivity index (χ1) is 14.8. The molecule has 1 aromatic carbocycles. The maximum Gasteiger partial charge on any atom is 0.244 e. The predicted octanol–water partition coefficient (Wildman–Crippen LogP) is 3.70. The van der Waals surface area contributed by atoms with Crippen molar-refractivity contribution in [2.45, 2.75) is 6.42 Å². The molecule has 6 nitrogen and oxygen atoms in total. The summed E-state index contributed by atoms with van der Waals surface area (Å²) >= 11 is 0. The fourth-order valence-corrected chi connectivity index (χ4v) is 3.04. The third kappa shape index (κ3) is 4.86. The molecule has 0 bridgehead atoms. The van der Waals surface area contributed by atoms with Crippen molar-refractivity contribution in [3.8, 4) is 16.9 Å². The Kier molecular flexibility index (Phi) is 6.05. The standard InChI is InChI=1S/C24H21N5O/c30-23(27-17-13-21-6-4-5-14-26-21)10-9-20-18-29(22-7-2-1-3-8-22)28-24(20)19-11-15-25-16-12-19/h1-12,14-16,18H,13,17H2,(H,27,30)/b10-9+. The molecule has 3 aromatic heterocycles. The van der Waals surface area contributed by atoms with E-state index in [2.05, 4.69) is 15.3 Å². The number of nitrogens with one attached hydrogen (secondary N) is 1. The second-order valence-electron chi connectivity index (χ2n) is 6.64. The number of benzene rings is 1. The molecule has 0 atom stereocenters. The zero-order valence-corrected chi connectivity index (χ0v) is 16.3. The highest BCUT2D eigenvalue weighted by Crippen LogP contribution is 2.24. The third-order valence-corrected chi connectivity index (χ3v) is 4.54. The summed E-state index contributed by atoms with van der Waals surface area (Å²) in [5, 5.41) is 7.62. The SMILES string of the molecule is O=C(/C=C/c1cn(-c2ccccc2)nc1-c1ccncc1)NCCc1ccccn1. The molecule has 3 heterocycles. The molecule has 0 saturated carbocycles. The zero-order chi connectivity index (χ0) is 20.6. The van der Waals surface area contributed by atoms with Gasteiger partial charge in [-0.25, -0.2) is 4.68 Å². The molecule has 148 valence electrons. The van der Waals surface area contributed by atoms with E-state index in [9.17, 15) is 4.79 Å². The molecule has 0 unspecified atom stereocenters. The minimum Gasteiger partial charge on any atom is -0.352 e. The van der Waals surface area contributed by atoms with Gasteiger partial charge in [-0.05, 0) is 42.5 Å². The summed E-state index contributed by atoms with van der Waals surface area (Å²) in [7, 11) is 0. The van der Waals surface area contributed by atoms with Gasteiger partial charge in [0.1, 0.15) is 5.69 Å². The van der Waals surface area contributed by atoms with Gasteiger partial charge < -0.3 is 5.32 Å². The lowest BCUT2D eigenvalue weighted by molar-refractivity contribution is -0.116. The van der Waals surface area contributed by atoms with Crippen molar-refractivity contribution in [2.75, 3.05) is 6.54 Å². The first kappa shape index (κ1) is 19.3. The van der Waals surface area contributed by atoms with E-state index in [1.165, 1.54) is 6.08 Å². The van der Waals surface area contributed by atoms with E-state index < -0.39 is 0 Å². The molecule has 4 rings (SSSR count). The third-order valence-electron chi connectivity index (χ3n) is 4.54. The summed E-state index contributed by atoms with van der Waals surface area (Å²) in [5.74, 6) is -0.154. The van der Waals surface area contributed by atoms with E-state index in [4.69, 9.17) is 5.10 Å². The number of carbonyl (C=O) groups excluding carboxylic acids is 1. The van der Waals surface area contributed by atoms with Gasteiger partial charge in [0.05, 0.1) is 5.69 Å². The molecule has 0 aliphatic rings. The molecule has 0 radical (unpaired) electrons. The molecule has 0 spiro atoms. The van der Waals surface area contributed by atoms with Crippen LogP contribution in [0.15, 0.2) is 91.5 Å². The number of hydrogen-bond donors (Lipinski definition) is 1. The quantitative estimate of drug-likeness (QED) is 0.484. The number of hydrogen-bond acceptors (Lipinski definition) is 4. The van der Waals surface area contributed by atoms with Crippen LogP contribution >= 0.6 is 0 Å². The number of nitrogens with zero attached hydrogens (tertiary/aromatic N) is 4. The Bertz CT molecular complexity index is 1120. The highest BCUT2D eigenvalue weighted by Gasteiger charge is 2.10. The largest absolute Gasteiger partial charge is 0.352 e. The predicted molar refractivity (Wildman–Crippen MR) is 117 cm³/mol. The molecular formula is C24H21N5O. The summed E-state index contributed by atoms with van der Waals surface area (Å²) < 4.78 is 1.81. The molecule has 1 N–H and O–H groups in total. The second kappa shape index (κ2) is 9.43. The van der Waals surface area contributed by atoms with Crippen molar-refractivity contribution in [1.82, 2.24) is 25.1 Å². The number of pyridine rings is 2. The number of carbonyl (C=O) groups is 1. The van der Waals surface area contributed by atoms with Crippen molar-refractivity contribution in [2.24, 2.45) is 0 Å². The average Bonchev–Trinajstić information content (AvgIpc) is 3.24. The Balaban J connectivity index is 1.50. The van der Waals surface area contributed by atoms with Gasteiger partial charge in [-0.1, -0.05) is 24.3 Å². The lowest BCUT2D eigenvalue weighted by atomic mass is 10.1. The van der Waals surface area contributed by atoms with Crippen molar-refractivity contribution in [3.63, 3.8) is 0 Å². The highest BCUT2D eigenvalue weighted by atomic mass is 16.1. The fourth-order valence-electron chi connectivity index (χ4n) is 3.04. The van der Waals surface area contributed by atoms with Gasteiger partial charge in [0.25, 0.3) is 0 Å². The number of rotatable bonds is 7. The van der Waals surface area contributed by atoms with Crippen molar-refractivity contribution in [3.05, 3.63) is 103 Å². The Morgan fingerprint density at radius 1 is 0.967 bits per heavy atom. The first-order valence-electron chi connectivity index (χ1n) is 9.71. The van der Waals surface area contributed by atoms with E-state index in [1.807, 2.05) is 71.5 Å². The van der Waals surface area contributed by atoms with Crippen LogP contribution in [0.4, 0.5) is 0 Å². The van der Waals surface area contributed by atoms with Crippen molar-refractivity contribution >= 4 is 12.0 Å². The molecular weight excluding hydrogens is 374 g/mol. The maximum atomic E-state index is 12.3. The van der Waals surface area contributed by atoms with Crippen LogP contribution in [-0.2, 0) is 11.2 Å². The van der Waals surface area contributed by atoms with Crippen LogP contribution < -0.4 is 5.32 Å². The topological polar surface area (TPSA) is 72.7 Å². The Morgan fingerprint density at radius 3 is 2.53 bits per heavy atom. The van der Waals surface area contributed by atoms with Crippen LogP contribution in [0.3, 0.4) is 0 Å². The molecule has 0 saturated heterocycles. The Morgan fingerprint density at radius 2 is 1.77 bits per heavy atom. The molecule has 4 aromatic rings. The van der Waals surface area contributed by atoms with Crippen LogP contribution in [0, 0.1) is 0 Å². The van der Waals surface area contributed by atoms with Crippen LogP contribution in [0.25, 0.3) is 23.0 Å². The van der Waals surface area contributed by atoms with Gasteiger partial charge in [-0.2, -0.15) is 5.10 Å². The molecule has 0 aliphatic heterocycles. The minimum atomic E-state index is -0.154. The average molecular weight is 395 g/mol. The molecule has 1 amide bonds. The highest BCUT2D eigenvalue weighted by molar-refractivity contribution is 5.92. The smallest absolute Gasteiger partial charge is 0.244 e. The van der Waals surface area contributed by atoms with E-state index in [1.54, 1.807) is 24.7 Å². The van der Waals surface area contributed by atoms with Gasteiger partial charge in [0.15, 0.2) is 0 Å². The lowest BCUT2D eigenvalue weighted by Crippen LogP contribution is -2.23.